The first-order chi connectivity index (χ1) is 11.6. The van der Waals surface area contributed by atoms with Crippen LogP contribution in [0, 0.1) is 0 Å². The van der Waals surface area contributed by atoms with Crippen molar-refractivity contribution >= 4 is 32.3 Å². The summed E-state index contributed by atoms with van der Waals surface area (Å²) in [7, 11) is 0. The maximum absolute atomic E-state index is 13.6. The summed E-state index contributed by atoms with van der Waals surface area (Å²) in [5.74, 6) is 0. The van der Waals surface area contributed by atoms with Gasteiger partial charge in [0.15, 0.2) is 0 Å². The van der Waals surface area contributed by atoms with Crippen LogP contribution in [-0.4, -0.2) is 0 Å². The van der Waals surface area contributed by atoms with Crippen molar-refractivity contribution in [2.24, 2.45) is 0 Å². The molecule has 122 valence electrons. The first-order valence-electron chi connectivity index (χ1n) is 7.92. The number of rotatable bonds is 5. The highest BCUT2D eigenvalue weighted by molar-refractivity contribution is 9.10. The molecule has 0 saturated carbocycles. The molecule has 3 heteroatoms. The molecule has 0 bridgehead atoms. The van der Waals surface area contributed by atoms with Crippen LogP contribution in [0.15, 0.2) is 77.3 Å². The SMILES string of the molecule is FC(F)=C(CCCc1ccc(Br)cc1)c1cccc2ccccc12. The predicted octanol–water partition coefficient (Wildman–Crippen LogP) is 7.23. The number of allylic oxidation sites excluding steroid dienone is 1. The van der Waals surface area contributed by atoms with Gasteiger partial charge in [-0.25, -0.2) is 0 Å². The van der Waals surface area contributed by atoms with Crippen LogP contribution in [0.2, 0.25) is 0 Å². The standard InChI is InChI=1S/C21H17BrF2/c22-17-13-11-15(12-14-17)5-3-10-20(21(23)24)19-9-4-7-16-6-1-2-8-18(16)19/h1-2,4,6-9,11-14H,3,5,10H2. The van der Waals surface area contributed by atoms with Crippen LogP contribution < -0.4 is 0 Å². The van der Waals surface area contributed by atoms with Crippen LogP contribution in [0.3, 0.4) is 0 Å². The van der Waals surface area contributed by atoms with Gasteiger partial charge in [0.05, 0.1) is 0 Å². The summed E-state index contributed by atoms with van der Waals surface area (Å²) in [5, 5.41) is 1.87. The maximum atomic E-state index is 13.6. The molecular formula is C21H17BrF2. The average molecular weight is 387 g/mol. The maximum Gasteiger partial charge on any atom is 0.274 e. The number of fused-ring (bicyclic) bond motifs is 1. The fourth-order valence-electron chi connectivity index (χ4n) is 2.94. The van der Waals surface area contributed by atoms with Gasteiger partial charge in [-0.2, -0.15) is 8.78 Å². The van der Waals surface area contributed by atoms with E-state index in [4.69, 9.17) is 0 Å². The summed E-state index contributed by atoms with van der Waals surface area (Å²) >= 11 is 3.40. The Balaban J connectivity index is 1.80. The molecule has 0 nitrogen and oxygen atoms in total. The van der Waals surface area contributed by atoms with Crippen molar-refractivity contribution in [1.29, 1.82) is 0 Å². The van der Waals surface area contributed by atoms with Gasteiger partial charge in [-0.15, -0.1) is 0 Å². The van der Waals surface area contributed by atoms with Crippen LogP contribution in [-0.2, 0) is 6.42 Å². The lowest BCUT2D eigenvalue weighted by Gasteiger charge is -2.10. The van der Waals surface area contributed by atoms with E-state index in [1.807, 2.05) is 60.7 Å². The Morgan fingerprint density at radius 1 is 0.833 bits per heavy atom. The minimum Gasteiger partial charge on any atom is -0.173 e. The lowest BCUT2D eigenvalue weighted by molar-refractivity contribution is 0.422. The Labute approximate surface area is 149 Å². The Morgan fingerprint density at radius 3 is 2.29 bits per heavy atom. The number of hydrogen-bond acceptors (Lipinski definition) is 0. The molecule has 0 radical (unpaired) electrons. The molecule has 24 heavy (non-hydrogen) atoms. The number of aryl methyl sites for hydroxylation is 1. The van der Waals surface area contributed by atoms with Gasteiger partial charge in [0.1, 0.15) is 0 Å². The molecule has 3 aromatic rings. The summed E-state index contributed by atoms with van der Waals surface area (Å²) < 4.78 is 28.2. The van der Waals surface area contributed by atoms with Gasteiger partial charge in [-0.05, 0) is 53.3 Å². The van der Waals surface area contributed by atoms with Crippen molar-refractivity contribution in [1.82, 2.24) is 0 Å². The van der Waals surface area contributed by atoms with Crippen molar-refractivity contribution in [2.75, 3.05) is 0 Å². The number of hydrogen-bond donors (Lipinski definition) is 0. The van der Waals surface area contributed by atoms with Crippen molar-refractivity contribution in [3.8, 4) is 0 Å². The molecule has 0 aliphatic carbocycles. The zero-order valence-electron chi connectivity index (χ0n) is 13.1. The fourth-order valence-corrected chi connectivity index (χ4v) is 3.20. The predicted molar refractivity (Wildman–Crippen MR) is 100 cm³/mol. The van der Waals surface area contributed by atoms with Gasteiger partial charge < -0.3 is 0 Å². The van der Waals surface area contributed by atoms with E-state index in [2.05, 4.69) is 15.9 Å². The van der Waals surface area contributed by atoms with E-state index in [1.165, 1.54) is 0 Å². The Bertz CT molecular complexity index is 857. The minimum atomic E-state index is -1.58. The third-order valence-electron chi connectivity index (χ3n) is 4.15. The number of halogens is 3. The van der Waals surface area contributed by atoms with Crippen molar-refractivity contribution in [2.45, 2.75) is 19.3 Å². The average Bonchev–Trinajstić information content (AvgIpc) is 2.60. The second kappa shape index (κ2) is 7.71. The molecule has 0 heterocycles. The molecule has 0 N–H and O–H groups in total. The minimum absolute atomic E-state index is 0.156. The van der Waals surface area contributed by atoms with Crippen LogP contribution in [0.4, 0.5) is 8.78 Å². The quantitative estimate of drug-likeness (QED) is 0.433. The molecule has 3 aromatic carbocycles. The fraction of sp³-hybridized carbons (Fsp3) is 0.143. The van der Waals surface area contributed by atoms with Crippen LogP contribution in [0.5, 0.6) is 0 Å². The highest BCUT2D eigenvalue weighted by Crippen LogP contribution is 2.32. The van der Waals surface area contributed by atoms with E-state index in [-0.39, 0.29) is 5.57 Å². The number of benzene rings is 3. The van der Waals surface area contributed by atoms with Crippen LogP contribution in [0.1, 0.15) is 24.0 Å². The first-order valence-corrected chi connectivity index (χ1v) is 8.71. The molecule has 0 aliphatic heterocycles. The van der Waals surface area contributed by atoms with Gasteiger partial charge in [-0.3, -0.25) is 0 Å². The highest BCUT2D eigenvalue weighted by atomic mass is 79.9. The second-order valence-corrected chi connectivity index (χ2v) is 6.66. The van der Waals surface area contributed by atoms with Gasteiger partial charge in [0.25, 0.3) is 6.08 Å². The van der Waals surface area contributed by atoms with Crippen molar-refractivity contribution in [3.05, 3.63) is 88.4 Å². The normalized spacial score (nSPS) is 10.8. The summed E-state index contributed by atoms with van der Waals surface area (Å²) in [4.78, 5) is 0. The van der Waals surface area contributed by atoms with Crippen LogP contribution in [0.25, 0.3) is 16.3 Å². The Kier molecular flexibility index (Phi) is 5.41. The largest absolute Gasteiger partial charge is 0.274 e. The Morgan fingerprint density at radius 2 is 1.54 bits per heavy atom. The molecule has 3 rings (SSSR count). The lowest BCUT2D eigenvalue weighted by Crippen LogP contribution is -1.92. The molecule has 0 atom stereocenters. The zero-order valence-corrected chi connectivity index (χ0v) is 14.7. The van der Waals surface area contributed by atoms with Crippen LogP contribution >= 0.6 is 15.9 Å². The van der Waals surface area contributed by atoms with Gasteiger partial charge in [-0.1, -0.05) is 70.5 Å². The molecular weight excluding hydrogens is 370 g/mol. The third kappa shape index (κ3) is 3.90. The van der Waals surface area contributed by atoms with E-state index in [0.29, 0.717) is 18.4 Å². The highest BCUT2D eigenvalue weighted by Gasteiger charge is 2.12. The molecule has 0 spiro atoms. The molecule has 0 fully saturated rings. The second-order valence-electron chi connectivity index (χ2n) is 5.75. The third-order valence-corrected chi connectivity index (χ3v) is 4.68. The monoisotopic (exact) mass is 386 g/mol. The van der Waals surface area contributed by atoms with E-state index in [0.717, 1.165) is 27.2 Å². The first kappa shape index (κ1) is 16.8. The van der Waals surface area contributed by atoms with E-state index < -0.39 is 6.08 Å². The molecule has 0 aromatic heterocycles. The van der Waals surface area contributed by atoms with Crippen molar-refractivity contribution < 1.29 is 8.78 Å². The smallest absolute Gasteiger partial charge is 0.173 e. The zero-order chi connectivity index (χ0) is 16.9. The molecule has 0 unspecified atom stereocenters. The van der Waals surface area contributed by atoms with E-state index in [1.54, 1.807) is 6.07 Å². The lowest BCUT2D eigenvalue weighted by atomic mass is 9.95. The van der Waals surface area contributed by atoms with Crippen molar-refractivity contribution in [3.63, 3.8) is 0 Å². The topological polar surface area (TPSA) is 0 Å². The Hall–Kier alpha value is -2.00. The van der Waals surface area contributed by atoms with Gasteiger partial charge in [0, 0.05) is 10.0 Å². The molecule has 0 saturated heterocycles. The van der Waals surface area contributed by atoms with Gasteiger partial charge >= 0.3 is 0 Å². The summed E-state index contributed by atoms with van der Waals surface area (Å²) in [5.41, 5.74) is 1.96. The summed E-state index contributed by atoms with van der Waals surface area (Å²) in [6.07, 6.45) is 0.265. The molecule has 0 aliphatic rings. The molecule has 0 amide bonds. The van der Waals surface area contributed by atoms with Gasteiger partial charge in [0.2, 0.25) is 0 Å². The van der Waals surface area contributed by atoms with E-state index >= 15 is 0 Å². The van der Waals surface area contributed by atoms with E-state index in [9.17, 15) is 8.78 Å². The summed E-state index contributed by atoms with van der Waals surface area (Å²) in [6, 6.07) is 21.3. The summed E-state index contributed by atoms with van der Waals surface area (Å²) in [6.45, 7) is 0.